The van der Waals surface area contributed by atoms with Gasteiger partial charge in [0.05, 0.1) is 0 Å². The van der Waals surface area contributed by atoms with Crippen LogP contribution in [0.25, 0.3) is 0 Å². The maximum Gasteiger partial charge on any atom is 0.0113 e. The first-order chi connectivity index (χ1) is 7.91. The fourth-order valence-electron chi connectivity index (χ4n) is 1.68. The number of hydrogen-bond acceptors (Lipinski definition) is 2. The SMILES string of the molecule is CC(N(C)CCSc1ccccc1)C(C)(C)C. The fourth-order valence-corrected chi connectivity index (χ4v) is 2.64. The van der Waals surface area contributed by atoms with Crippen molar-refractivity contribution in [1.29, 1.82) is 0 Å². The summed E-state index contributed by atoms with van der Waals surface area (Å²) < 4.78 is 0. The Morgan fingerprint density at radius 1 is 1.18 bits per heavy atom. The van der Waals surface area contributed by atoms with Crippen LogP contribution < -0.4 is 0 Å². The Bertz CT molecular complexity index is 315. The van der Waals surface area contributed by atoms with Crippen LogP contribution in [-0.4, -0.2) is 30.3 Å². The molecule has 17 heavy (non-hydrogen) atoms. The van der Waals surface area contributed by atoms with Gasteiger partial charge in [-0.15, -0.1) is 11.8 Å². The summed E-state index contributed by atoms with van der Waals surface area (Å²) in [4.78, 5) is 3.82. The highest BCUT2D eigenvalue weighted by Gasteiger charge is 2.23. The first kappa shape index (κ1) is 14.6. The molecule has 0 aromatic heterocycles. The van der Waals surface area contributed by atoms with Gasteiger partial charge in [-0.05, 0) is 31.5 Å². The van der Waals surface area contributed by atoms with Gasteiger partial charge in [-0.3, -0.25) is 0 Å². The average molecular weight is 251 g/mol. The van der Waals surface area contributed by atoms with Crippen LogP contribution >= 0.6 is 11.8 Å². The molecule has 1 rings (SSSR count). The van der Waals surface area contributed by atoms with Crippen molar-refractivity contribution in [2.24, 2.45) is 5.41 Å². The molecule has 0 radical (unpaired) electrons. The van der Waals surface area contributed by atoms with Crippen molar-refractivity contribution in [1.82, 2.24) is 4.90 Å². The van der Waals surface area contributed by atoms with Crippen LogP contribution in [0.3, 0.4) is 0 Å². The van der Waals surface area contributed by atoms with Gasteiger partial charge in [0, 0.05) is 23.2 Å². The Balaban J connectivity index is 2.32. The summed E-state index contributed by atoms with van der Waals surface area (Å²) in [5.74, 6) is 1.15. The standard InChI is InChI=1S/C15H25NS/c1-13(15(2,3)4)16(5)11-12-17-14-9-7-6-8-10-14/h6-10,13H,11-12H2,1-5H3. The lowest BCUT2D eigenvalue weighted by Gasteiger charge is -2.35. The molecule has 2 heteroatoms. The number of thioether (sulfide) groups is 1. The van der Waals surface area contributed by atoms with Crippen LogP contribution in [0.1, 0.15) is 27.7 Å². The molecular weight excluding hydrogens is 226 g/mol. The molecule has 0 heterocycles. The topological polar surface area (TPSA) is 3.24 Å². The van der Waals surface area contributed by atoms with E-state index in [1.807, 2.05) is 11.8 Å². The zero-order chi connectivity index (χ0) is 12.9. The third-order valence-corrected chi connectivity index (χ3v) is 4.36. The summed E-state index contributed by atoms with van der Waals surface area (Å²) in [5.41, 5.74) is 0.353. The Morgan fingerprint density at radius 2 is 1.76 bits per heavy atom. The van der Waals surface area contributed by atoms with Crippen molar-refractivity contribution < 1.29 is 0 Å². The molecule has 1 unspecified atom stereocenters. The number of benzene rings is 1. The van der Waals surface area contributed by atoms with E-state index in [9.17, 15) is 0 Å². The molecule has 0 bridgehead atoms. The number of rotatable bonds is 5. The van der Waals surface area contributed by atoms with E-state index in [0.717, 1.165) is 12.3 Å². The van der Waals surface area contributed by atoms with Gasteiger partial charge in [-0.1, -0.05) is 39.0 Å². The van der Waals surface area contributed by atoms with E-state index in [0.29, 0.717) is 11.5 Å². The molecule has 0 saturated heterocycles. The quantitative estimate of drug-likeness (QED) is 0.723. The minimum Gasteiger partial charge on any atom is -0.302 e. The highest BCUT2D eigenvalue weighted by molar-refractivity contribution is 7.99. The second kappa shape index (κ2) is 6.46. The molecule has 1 nitrogen and oxygen atoms in total. The van der Waals surface area contributed by atoms with Gasteiger partial charge >= 0.3 is 0 Å². The maximum atomic E-state index is 2.45. The molecule has 0 saturated carbocycles. The predicted molar refractivity (Wildman–Crippen MR) is 78.7 cm³/mol. The average Bonchev–Trinajstić information content (AvgIpc) is 2.28. The minimum atomic E-state index is 0.353. The van der Waals surface area contributed by atoms with E-state index >= 15 is 0 Å². The third kappa shape index (κ3) is 5.13. The molecule has 1 aromatic carbocycles. The van der Waals surface area contributed by atoms with Crippen LogP contribution in [-0.2, 0) is 0 Å². The molecule has 0 N–H and O–H groups in total. The van der Waals surface area contributed by atoms with Gasteiger partial charge in [0.2, 0.25) is 0 Å². The lowest BCUT2D eigenvalue weighted by Crippen LogP contribution is -2.40. The van der Waals surface area contributed by atoms with E-state index in [-0.39, 0.29) is 0 Å². The van der Waals surface area contributed by atoms with Crippen LogP contribution in [0.5, 0.6) is 0 Å². The zero-order valence-electron chi connectivity index (χ0n) is 11.7. The summed E-state index contributed by atoms with van der Waals surface area (Å²) >= 11 is 1.94. The number of hydrogen-bond donors (Lipinski definition) is 0. The second-order valence-electron chi connectivity index (χ2n) is 5.68. The Hall–Kier alpha value is -0.470. The Morgan fingerprint density at radius 3 is 2.29 bits per heavy atom. The molecule has 0 spiro atoms. The smallest absolute Gasteiger partial charge is 0.0113 e. The maximum absolute atomic E-state index is 2.45. The van der Waals surface area contributed by atoms with Gasteiger partial charge in [0.25, 0.3) is 0 Å². The van der Waals surface area contributed by atoms with Crippen LogP contribution in [0.15, 0.2) is 35.2 Å². The summed E-state index contributed by atoms with van der Waals surface area (Å²) in [6.45, 7) is 10.4. The van der Waals surface area contributed by atoms with Crippen LogP contribution in [0.4, 0.5) is 0 Å². The molecule has 0 aliphatic heterocycles. The lowest BCUT2D eigenvalue weighted by atomic mass is 9.87. The van der Waals surface area contributed by atoms with Crippen molar-refractivity contribution >= 4 is 11.8 Å². The monoisotopic (exact) mass is 251 g/mol. The Labute approximate surface area is 111 Å². The third-order valence-electron chi connectivity index (χ3n) is 3.37. The van der Waals surface area contributed by atoms with Crippen molar-refractivity contribution in [2.45, 2.75) is 38.6 Å². The summed E-state index contributed by atoms with van der Waals surface area (Å²) in [6.07, 6.45) is 0. The van der Waals surface area contributed by atoms with Gasteiger partial charge < -0.3 is 4.90 Å². The van der Waals surface area contributed by atoms with Crippen molar-refractivity contribution in [3.8, 4) is 0 Å². The van der Waals surface area contributed by atoms with Crippen molar-refractivity contribution in [2.75, 3.05) is 19.3 Å². The molecule has 0 fully saturated rings. The highest BCUT2D eigenvalue weighted by Crippen LogP contribution is 2.24. The van der Waals surface area contributed by atoms with E-state index in [1.165, 1.54) is 4.90 Å². The number of nitrogens with zero attached hydrogens (tertiary/aromatic N) is 1. The molecule has 1 atom stereocenters. The van der Waals surface area contributed by atoms with Gasteiger partial charge in [-0.2, -0.15) is 0 Å². The van der Waals surface area contributed by atoms with Crippen LogP contribution in [0, 0.1) is 5.41 Å². The fraction of sp³-hybridized carbons (Fsp3) is 0.600. The zero-order valence-corrected chi connectivity index (χ0v) is 12.6. The van der Waals surface area contributed by atoms with Crippen molar-refractivity contribution in [3.05, 3.63) is 30.3 Å². The highest BCUT2D eigenvalue weighted by atomic mass is 32.2. The Kier molecular flexibility index (Phi) is 5.54. The van der Waals surface area contributed by atoms with Crippen LogP contribution in [0.2, 0.25) is 0 Å². The lowest BCUT2D eigenvalue weighted by molar-refractivity contribution is 0.148. The van der Waals surface area contributed by atoms with E-state index in [1.54, 1.807) is 0 Å². The van der Waals surface area contributed by atoms with Gasteiger partial charge in [-0.25, -0.2) is 0 Å². The largest absolute Gasteiger partial charge is 0.302 e. The molecule has 0 aliphatic rings. The normalized spacial score (nSPS) is 14.0. The first-order valence-corrected chi connectivity index (χ1v) is 7.28. The van der Waals surface area contributed by atoms with Gasteiger partial charge in [0.1, 0.15) is 0 Å². The van der Waals surface area contributed by atoms with E-state index < -0.39 is 0 Å². The minimum absolute atomic E-state index is 0.353. The molecule has 0 aliphatic carbocycles. The molecule has 0 amide bonds. The first-order valence-electron chi connectivity index (χ1n) is 6.29. The van der Waals surface area contributed by atoms with E-state index in [4.69, 9.17) is 0 Å². The predicted octanol–water partition coefficient (Wildman–Crippen LogP) is 4.15. The second-order valence-corrected chi connectivity index (χ2v) is 6.85. The van der Waals surface area contributed by atoms with Gasteiger partial charge in [0.15, 0.2) is 0 Å². The van der Waals surface area contributed by atoms with Crippen molar-refractivity contribution in [3.63, 3.8) is 0 Å². The van der Waals surface area contributed by atoms with E-state index in [2.05, 4.69) is 70.0 Å². The summed E-state index contributed by atoms with van der Waals surface area (Å²) in [7, 11) is 2.22. The summed E-state index contributed by atoms with van der Waals surface area (Å²) in [6, 6.07) is 11.2. The molecular formula is C15H25NS. The summed E-state index contributed by atoms with van der Waals surface area (Å²) in [5, 5.41) is 0. The molecule has 96 valence electrons. The molecule has 1 aromatic rings.